The lowest BCUT2D eigenvalue weighted by atomic mass is 10.1. The number of hydrogen-bond acceptors (Lipinski definition) is 18. The summed E-state index contributed by atoms with van der Waals surface area (Å²) >= 11 is 0. The Labute approximate surface area is 256 Å². The number of phosphoric ester groups is 2. The SMILES string of the molecule is COP(=O)(O)OC[C@H]1O[C@@H](n2cnc3c(N)ncnc32)[C@H](O)[C@@H]1OP(=O)(O)OC[C@@H]1C[C@@H](O)[C@H](n2cnc3c(=O)[nH]c(N)nc32)O1. The summed E-state index contributed by atoms with van der Waals surface area (Å²) in [5, 5.41) is 21.8. The Kier molecular flexibility index (Phi) is 8.69. The Morgan fingerprint density at radius 3 is 2.41 bits per heavy atom. The van der Waals surface area contributed by atoms with Crippen LogP contribution in [0.1, 0.15) is 18.9 Å². The molecule has 9 atom stereocenters. The predicted molar refractivity (Wildman–Crippen MR) is 150 cm³/mol. The summed E-state index contributed by atoms with van der Waals surface area (Å²) < 4.78 is 58.9. The number of phosphoric acid groups is 2. The van der Waals surface area contributed by atoms with Crippen molar-refractivity contribution in [2.45, 2.75) is 49.4 Å². The van der Waals surface area contributed by atoms with Crippen LogP contribution < -0.4 is 17.0 Å². The van der Waals surface area contributed by atoms with Crippen molar-refractivity contribution >= 4 is 49.7 Å². The third kappa shape index (κ3) is 6.28. The highest BCUT2D eigenvalue weighted by atomic mass is 31.2. The summed E-state index contributed by atoms with van der Waals surface area (Å²) in [6, 6.07) is 0. The maximum atomic E-state index is 13.1. The second-order valence-electron chi connectivity index (χ2n) is 10.1. The first-order chi connectivity index (χ1) is 21.8. The molecule has 4 aromatic rings. The molecule has 6 heterocycles. The molecule has 0 aliphatic carbocycles. The second-order valence-corrected chi connectivity index (χ2v) is 13.1. The fraction of sp³-hybridized carbons (Fsp3) is 0.524. The number of aromatic amines is 1. The van der Waals surface area contributed by atoms with Crippen molar-refractivity contribution in [3.63, 3.8) is 0 Å². The minimum atomic E-state index is -5.04. The van der Waals surface area contributed by atoms with E-state index in [1.54, 1.807) is 0 Å². The molecule has 0 radical (unpaired) electrons. The van der Waals surface area contributed by atoms with E-state index in [4.69, 9.17) is 34.5 Å². The number of H-pyrrole nitrogens is 1. The van der Waals surface area contributed by atoms with E-state index in [-0.39, 0.29) is 40.5 Å². The zero-order valence-corrected chi connectivity index (χ0v) is 25.3. The highest BCUT2D eigenvalue weighted by molar-refractivity contribution is 7.47. The Morgan fingerprint density at radius 2 is 1.67 bits per heavy atom. The fourth-order valence-electron chi connectivity index (χ4n) is 5.07. The van der Waals surface area contributed by atoms with Crippen LogP contribution in [0.3, 0.4) is 0 Å². The zero-order valence-electron chi connectivity index (χ0n) is 23.5. The molecule has 2 unspecified atom stereocenters. The van der Waals surface area contributed by atoms with Crippen molar-refractivity contribution in [3.8, 4) is 0 Å². The number of nitrogen functional groups attached to an aromatic ring is 2. The van der Waals surface area contributed by atoms with Gasteiger partial charge in [0.05, 0.1) is 32.0 Å². The van der Waals surface area contributed by atoms with Crippen molar-refractivity contribution in [2.24, 2.45) is 0 Å². The largest absolute Gasteiger partial charge is 0.472 e. The molecule has 250 valence electrons. The van der Waals surface area contributed by atoms with Gasteiger partial charge in [0, 0.05) is 13.5 Å². The number of imidazole rings is 2. The number of rotatable bonds is 11. The standard InChI is InChI=1S/C21H28N10O13P2/c1-39-45(35,36)41-4-10-14(13(33)20(43-10)30-6-26-11-15(22)24-5-25-16(11)30)44-46(37,38)40-3-8-2-9(32)19(42-8)31-7-27-12-17(31)28-21(23)29-18(12)34/h5-10,13-14,19-20,32-33H,2-4H2,1H3,(H,35,36)(H,37,38)(H2,22,24,25)(H3,23,28,29,34)/t8-,9+,10+,13+,14+,19+,20+/m0/s1. The minimum Gasteiger partial charge on any atom is -0.388 e. The van der Waals surface area contributed by atoms with Crippen molar-refractivity contribution in [3.05, 3.63) is 29.3 Å². The number of fused-ring (bicyclic) bond motifs is 2. The normalized spacial score (nSPS) is 29.4. The summed E-state index contributed by atoms with van der Waals surface area (Å²) in [6.07, 6.45) is -5.86. The van der Waals surface area contributed by atoms with Crippen LogP contribution in [0.25, 0.3) is 22.3 Å². The molecule has 0 bridgehead atoms. The number of ether oxygens (including phenoxy) is 2. The molecule has 2 aliphatic rings. The molecule has 9 N–H and O–H groups in total. The molecule has 25 heteroatoms. The van der Waals surface area contributed by atoms with Crippen LogP contribution in [-0.4, -0.2) is 110 Å². The molecule has 0 aromatic carbocycles. The number of nitrogens with two attached hydrogens (primary N) is 2. The average molecular weight is 690 g/mol. The first-order valence-electron chi connectivity index (χ1n) is 13.3. The number of aliphatic hydroxyl groups is 2. The summed E-state index contributed by atoms with van der Waals surface area (Å²) in [7, 11) is -8.65. The monoisotopic (exact) mass is 690 g/mol. The molecule has 0 spiro atoms. The van der Waals surface area contributed by atoms with Crippen LogP contribution in [0.5, 0.6) is 0 Å². The number of hydrogen-bond donors (Lipinski definition) is 7. The van der Waals surface area contributed by atoms with E-state index in [9.17, 15) is 33.9 Å². The Hall–Kier alpha value is -3.44. The topological polar surface area (TPSA) is 330 Å². The molecule has 6 rings (SSSR count). The smallest absolute Gasteiger partial charge is 0.388 e. The zero-order chi connectivity index (χ0) is 33.0. The number of nitrogens with one attached hydrogen (secondary N) is 1. The quantitative estimate of drug-likeness (QED) is 0.0862. The van der Waals surface area contributed by atoms with Crippen molar-refractivity contribution in [1.29, 1.82) is 0 Å². The van der Waals surface area contributed by atoms with E-state index in [1.807, 2.05) is 0 Å². The minimum absolute atomic E-state index is 0.0373. The van der Waals surface area contributed by atoms with Crippen LogP contribution in [-0.2, 0) is 36.7 Å². The van der Waals surface area contributed by atoms with Gasteiger partial charge in [-0.15, -0.1) is 0 Å². The van der Waals surface area contributed by atoms with Crippen LogP contribution >= 0.6 is 15.6 Å². The molecule has 2 aliphatic heterocycles. The molecule has 4 aromatic heterocycles. The van der Waals surface area contributed by atoms with Crippen LogP contribution in [0.4, 0.5) is 11.8 Å². The van der Waals surface area contributed by atoms with Crippen LogP contribution in [0, 0.1) is 0 Å². The van der Waals surface area contributed by atoms with Gasteiger partial charge in [-0.05, 0) is 0 Å². The number of anilines is 2. The summed E-state index contributed by atoms with van der Waals surface area (Å²) in [6.45, 7) is -1.31. The van der Waals surface area contributed by atoms with Crippen molar-refractivity contribution < 1.29 is 56.7 Å². The third-order valence-electron chi connectivity index (χ3n) is 7.17. The van der Waals surface area contributed by atoms with Gasteiger partial charge in [-0.3, -0.25) is 37.0 Å². The predicted octanol–water partition coefficient (Wildman–Crippen LogP) is -1.70. The maximum Gasteiger partial charge on any atom is 0.472 e. The summed E-state index contributed by atoms with van der Waals surface area (Å²) in [4.78, 5) is 54.7. The highest BCUT2D eigenvalue weighted by Gasteiger charge is 2.50. The number of aliphatic hydroxyl groups excluding tert-OH is 2. The van der Waals surface area contributed by atoms with E-state index in [1.165, 1.54) is 21.8 Å². The number of aromatic nitrogens is 8. The van der Waals surface area contributed by atoms with E-state index in [0.29, 0.717) is 0 Å². The second kappa shape index (κ2) is 12.3. The van der Waals surface area contributed by atoms with Gasteiger partial charge in [-0.2, -0.15) is 4.98 Å². The van der Waals surface area contributed by atoms with Gasteiger partial charge in [0.15, 0.2) is 35.1 Å². The van der Waals surface area contributed by atoms with E-state index in [2.05, 4.69) is 34.4 Å². The van der Waals surface area contributed by atoms with Gasteiger partial charge in [0.2, 0.25) is 5.95 Å². The average Bonchev–Trinajstić information content (AvgIpc) is 3.77. The maximum absolute atomic E-state index is 13.1. The Balaban J connectivity index is 1.16. The van der Waals surface area contributed by atoms with Crippen LogP contribution in [0.2, 0.25) is 0 Å². The highest BCUT2D eigenvalue weighted by Crippen LogP contribution is 2.50. The molecular weight excluding hydrogens is 662 g/mol. The van der Waals surface area contributed by atoms with E-state index in [0.717, 1.165) is 13.4 Å². The van der Waals surface area contributed by atoms with E-state index < -0.39 is 77.4 Å². The van der Waals surface area contributed by atoms with Crippen LogP contribution in [0.15, 0.2) is 23.8 Å². The molecule has 23 nitrogen and oxygen atoms in total. The van der Waals surface area contributed by atoms with Crippen molar-refractivity contribution in [2.75, 3.05) is 31.8 Å². The first kappa shape index (κ1) is 32.5. The summed E-state index contributed by atoms with van der Waals surface area (Å²) in [5.41, 5.74) is 11.2. The number of nitrogens with zero attached hydrogens (tertiary/aromatic N) is 7. The first-order valence-corrected chi connectivity index (χ1v) is 16.3. The van der Waals surface area contributed by atoms with Gasteiger partial charge in [0.1, 0.15) is 36.3 Å². The molecule has 0 amide bonds. The lowest BCUT2D eigenvalue weighted by molar-refractivity contribution is -0.0558. The van der Waals surface area contributed by atoms with Gasteiger partial charge >= 0.3 is 15.6 Å². The molecule has 0 saturated carbocycles. The lowest BCUT2D eigenvalue weighted by Gasteiger charge is -2.24. The molecule has 2 fully saturated rings. The third-order valence-corrected chi connectivity index (χ3v) is 9.09. The molecule has 2 saturated heterocycles. The Morgan fingerprint density at radius 1 is 0.978 bits per heavy atom. The van der Waals surface area contributed by atoms with E-state index >= 15 is 0 Å². The van der Waals surface area contributed by atoms with Gasteiger partial charge in [-0.25, -0.2) is 29.1 Å². The fourth-order valence-corrected chi connectivity index (χ4v) is 6.49. The van der Waals surface area contributed by atoms with Gasteiger partial charge < -0.3 is 40.9 Å². The summed E-state index contributed by atoms with van der Waals surface area (Å²) in [5.74, 6) is -0.146. The molecule has 46 heavy (non-hydrogen) atoms. The lowest BCUT2D eigenvalue weighted by Crippen LogP contribution is -2.36. The van der Waals surface area contributed by atoms with Gasteiger partial charge in [0.25, 0.3) is 5.56 Å². The van der Waals surface area contributed by atoms with Crippen molar-refractivity contribution in [1.82, 2.24) is 39.0 Å². The van der Waals surface area contributed by atoms with Gasteiger partial charge in [-0.1, -0.05) is 0 Å². The molecular formula is C21H28N10O13P2. The Bertz CT molecular complexity index is 1900.